The molecule has 0 spiro atoms. The highest BCUT2D eigenvalue weighted by atomic mass is 32.2. The largest absolute Gasteiger partial charge is 0.330 e. The maximum atomic E-state index is 4.93. The summed E-state index contributed by atoms with van der Waals surface area (Å²) in [4.78, 5) is 6.18. The molecule has 2 nitrogen and oxygen atoms in total. The maximum absolute atomic E-state index is 4.93. The Bertz CT molecular complexity index is 945. The summed E-state index contributed by atoms with van der Waals surface area (Å²) in [5.41, 5.74) is 3.48. The molecule has 0 saturated carbocycles. The second-order valence-electron chi connectivity index (χ2n) is 5.74. The topological polar surface area (TPSA) is 17.8 Å². The number of nitrogens with zero attached hydrogens (tertiary/aromatic N) is 2. The molecule has 0 saturated heterocycles. The van der Waals surface area contributed by atoms with Crippen molar-refractivity contribution in [1.82, 2.24) is 9.55 Å². The number of thioether (sulfide) groups is 1. The van der Waals surface area contributed by atoms with Crippen LogP contribution in [0.3, 0.4) is 0 Å². The van der Waals surface area contributed by atoms with Crippen LogP contribution in [0.4, 0.5) is 0 Å². The van der Waals surface area contributed by atoms with Gasteiger partial charge in [0.15, 0.2) is 0 Å². The molecule has 0 fully saturated rings. The van der Waals surface area contributed by atoms with Gasteiger partial charge in [0, 0.05) is 11.9 Å². The van der Waals surface area contributed by atoms with E-state index in [1.54, 1.807) is 0 Å². The Morgan fingerprint density at radius 3 is 2.12 bits per heavy atom. The number of aromatic nitrogens is 2. The van der Waals surface area contributed by atoms with Gasteiger partial charge in [-0.1, -0.05) is 60.7 Å². The molecule has 0 radical (unpaired) electrons. The van der Waals surface area contributed by atoms with Crippen LogP contribution in [0.1, 0.15) is 16.6 Å². The van der Waals surface area contributed by atoms with Crippen molar-refractivity contribution in [3.8, 4) is 0 Å². The van der Waals surface area contributed by atoms with E-state index in [1.165, 1.54) is 16.0 Å². The summed E-state index contributed by atoms with van der Waals surface area (Å²) in [6.45, 7) is 0. The molecular weight excluding hydrogens is 312 g/mol. The molecule has 0 amide bonds. The SMILES string of the molecule is Cn1c([C@@H](Sc2ccccc2)c2ccccc2)nc2ccccc21. The molecule has 1 heterocycles. The fraction of sp³-hybridized carbons (Fsp3) is 0.0952. The molecule has 1 atom stereocenters. The summed E-state index contributed by atoms with van der Waals surface area (Å²) in [5, 5.41) is 0.158. The lowest BCUT2D eigenvalue weighted by atomic mass is 10.1. The molecule has 118 valence electrons. The third-order valence-corrected chi connectivity index (χ3v) is 5.42. The van der Waals surface area contributed by atoms with Crippen molar-refractivity contribution in [2.24, 2.45) is 7.05 Å². The van der Waals surface area contributed by atoms with Crippen LogP contribution < -0.4 is 0 Å². The molecule has 0 aliphatic heterocycles. The van der Waals surface area contributed by atoms with Crippen molar-refractivity contribution >= 4 is 22.8 Å². The van der Waals surface area contributed by atoms with Crippen molar-refractivity contribution in [1.29, 1.82) is 0 Å². The van der Waals surface area contributed by atoms with Gasteiger partial charge in [-0.25, -0.2) is 4.98 Å². The van der Waals surface area contributed by atoms with E-state index in [9.17, 15) is 0 Å². The van der Waals surface area contributed by atoms with Crippen LogP contribution in [0.5, 0.6) is 0 Å². The predicted molar refractivity (Wildman–Crippen MR) is 101 cm³/mol. The molecule has 3 aromatic carbocycles. The Kier molecular flexibility index (Phi) is 4.09. The van der Waals surface area contributed by atoms with Gasteiger partial charge in [-0.3, -0.25) is 0 Å². The highest BCUT2D eigenvalue weighted by Crippen LogP contribution is 2.40. The number of para-hydroxylation sites is 2. The monoisotopic (exact) mass is 330 g/mol. The summed E-state index contributed by atoms with van der Waals surface area (Å²) >= 11 is 1.84. The lowest BCUT2D eigenvalue weighted by Crippen LogP contribution is -2.05. The predicted octanol–water partition coefficient (Wildman–Crippen LogP) is 5.46. The van der Waals surface area contributed by atoms with E-state index < -0.39 is 0 Å². The maximum Gasteiger partial charge on any atom is 0.127 e. The van der Waals surface area contributed by atoms with Gasteiger partial charge >= 0.3 is 0 Å². The number of benzene rings is 3. The normalized spacial score (nSPS) is 12.4. The molecule has 24 heavy (non-hydrogen) atoms. The van der Waals surface area contributed by atoms with Crippen LogP contribution in [-0.4, -0.2) is 9.55 Å². The third-order valence-electron chi connectivity index (χ3n) is 4.16. The average molecular weight is 330 g/mol. The van der Waals surface area contributed by atoms with Gasteiger partial charge < -0.3 is 4.57 Å². The molecule has 1 aromatic heterocycles. The lowest BCUT2D eigenvalue weighted by molar-refractivity contribution is 0.835. The lowest BCUT2D eigenvalue weighted by Gasteiger charge is -2.17. The summed E-state index contributed by atoms with van der Waals surface area (Å²) < 4.78 is 2.21. The van der Waals surface area contributed by atoms with Gasteiger partial charge in [-0.05, 0) is 29.8 Å². The Hall–Kier alpha value is -2.52. The fourth-order valence-electron chi connectivity index (χ4n) is 2.93. The number of rotatable bonds is 4. The first-order chi connectivity index (χ1) is 11.8. The smallest absolute Gasteiger partial charge is 0.127 e. The van der Waals surface area contributed by atoms with Gasteiger partial charge in [-0.2, -0.15) is 0 Å². The molecule has 0 unspecified atom stereocenters. The second kappa shape index (κ2) is 6.54. The van der Waals surface area contributed by atoms with Crippen molar-refractivity contribution < 1.29 is 0 Å². The summed E-state index contributed by atoms with van der Waals surface area (Å²) in [5.74, 6) is 1.08. The van der Waals surface area contributed by atoms with Gasteiger partial charge in [0.25, 0.3) is 0 Å². The second-order valence-corrected chi connectivity index (χ2v) is 6.92. The van der Waals surface area contributed by atoms with E-state index >= 15 is 0 Å². The van der Waals surface area contributed by atoms with Gasteiger partial charge in [0.1, 0.15) is 5.82 Å². The summed E-state index contributed by atoms with van der Waals surface area (Å²) in [6.07, 6.45) is 0. The fourth-order valence-corrected chi connectivity index (χ4v) is 4.13. The van der Waals surface area contributed by atoms with E-state index in [2.05, 4.69) is 90.5 Å². The standard InChI is InChI=1S/C21H18N2S/c1-23-19-15-9-8-14-18(19)22-21(23)20(16-10-4-2-5-11-16)24-17-12-6-3-7-13-17/h2-15,20H,1H3/t20-/m0/s1. The zero-order chi connectivity index (χ0) is 16.4. The first-order valence-electron chi connectivity index (χ1n) is 8.01. The molecule has 0 bridgehead atoms. The van der Waals surface area contributed by atoms with E-state index in [-0.39, 0.29) is 5.25 Å². The quantitative estimate of drug-likeness (QED) is 0.463. The molecule has 0 aliphatic carbocycles. The minimum absolute atomic E-state index is 0.158. The Morgan fingerprint density at radius 1 is 0.792 bits per heavy atom. The van der Waals surface area contributed by atoms with Gasteiger partial charge in [0.05, 0.1) is 16.3 Å². The Balaban J connectivity index is 1.84. The molecular formula is C21H18N2S. The van der Waals surface area contributed by atoms with E-state index in [0.717, 1.165) is 11.3 Å². The summed E-state index contributed by atoms with van der Waals surface area (Å²) in [6, 6.07) is 29.4. The minimum Gasteiger partial charge on any atom is -0.330 e. The number of aryl methyl sites for hydroxylation is 1. The highest BCUT2D eigenvalue weighted by Gasteiger charge is 2.21. The van der Waals surface area contributed by atoms with Crippen molar-refractivity contribution in [2.75, 3.05) is 0 Å². The van der Waals surface area contributed by atoms with Crippen LogP contribution in [0.2, 0.25) is 0 Å². The number of imidazole rings is 1. The van der Waals surface area contributed by atoms with Gasteiger partial charge in [0.2, 0.25) is 0 Å². The summed E-state index contributed by atoms with van der Waals surface area (Å²) in [7, 11) is 2.10. The first-order valence-corrected chi connectivity index (χ1v) is 8.89. The van der Waals surface area contributed by atoms with Crippen molar-refractivity contribution in [2.45, 2.75) is 10.1 Å². The Labute approximate surface area is 146 Å². The van der Waals surface area contributed by atoms with E-state index in [4.69, 9.17) is 4.98 Å². The molecule has 4 aromatic rings. The highest BCUT2D eigenvalue weighted by molar-refractivity contribution is 7.99. The average Bonchev–Trinajstić information content (AvgIpc) is 2.98. The van der Waals surface area contributed by atoms with Gasteiger partial charge in [-0.15, -0.1) is 11.8 Å². The zero-order valence-electron chi connectivity index (χ0n) is 13.5. The number of fused-ring (bicyclic) bond motifs is 1. The molecule has 0 N–H and O–H groups in total. The number of hydrogen-bond donors (Lipinski definition) is 0. The molecule has 3 heteroatoms. The third kappa shape index (κ3) is 2.83. The minimum atomic E-state index is 0.158. The van der Waals surface area contributed by atoms with Crippen LogP contribution in [0.25, 0.3) is 11.0 Å². The van der Waals surface area contributed by atoms with E-state index in [0.29, 0.717) is 0 Å². The zero-order valence-corrected chi connectivity index (χ0v) is 14.3. The van der Waals surface area contributed by atoms with Crippen LogP contribution in [0, 0.1) is 0 Å². The number of hydrogen-bond acceptors (Lipinski definition) is 2. The van der Waals surface area contributed by atoms with Crippen LogP contribution in [0.15, 0.2) is 89.8 Å². The Morgan fingerprint density at radius 2 is 1.42 bits per heavy atom. The van der Waals surface area contributed by atoms with Crippen molar-refractivity contribution in [3.63, 3.8) is 0 Å². The van der Waals surface area contributed by atoms with E-state index in [1.807, 2.05) is 17.8 Å². The first kappa shape index (κ1) is 15.0. The van der Waals surface area contributed by atoms with Crippen LogP contribution in [-0.2, 0) is 7.05 Å². The van der Waals surface area contributed by atoms with Crippen LogP contribution >= 0.6 is 11.8 Å². The molecule has 4 rings (SSSR count). The molecule has 0 aliphatic rings. The van der Waals surface area contributed by atoms with Crippen molar-refractivity contribution in [3.05, 3.63) is 96.3 Å².